The van der Waals surface area contributed by atoms with Crippen LogP contribution < -0.4 is 5.14 Å². The van der Waals surface area contributed by atoms with Crippen molar-refractivity contribution in [1.29, 1.82) is 0 Å². The van der Waals surface area contributed by atoms with Crippen molar-refractivity contribution in [2.45, 2.75) is 18.2 Å². The van der Waals surface area contributed by atoms with Crippen LogP contribution in [-0.4, -0.2) is 23.4 Å². The zero-order valence-corrected chi connectivity index (χ0v) is 12.2. The highest BCUT2D eigenvalue weighted by molar-refractivity contribution is 7.89. The van der Waals surface area contributed by atoms with E-state index in [1.807, 2.05) is 13.0 Å². The lowest BCUT2D eigenvalue weighted by Crippen LogP contribution is -2.11. The number of nitrogens with two attached hydrogens (primary N) is 1. The molecule has 7 heteroatoms. The number of rotatable bonds is 3. The number of sulfonamides is 1. The van der Waals surface area contributed by atoms with Gasteiger partial charge in [0.05, 0.1) is 16.1 Å². The van der Waals surface area contributed by atoms with Crippen molar-refractivity contribution in [3.05, 3.63) is 53.6 Å². The fraction of sp³-hybridized carbons (Fsp3) is 0.143. The van der Waals surface area contributed by atoms with Gasteiger partial charge in [-0.05, 0) is 30.7 Å². The first-order valence-electron chi connectivity index (χ1n) is 6.35. The maximum atomic E-state index is 11.2. The highest BCUT2D eigenvalue weighted by Crippen LogP contribution is 2.18. The third-order valence-corrected chi connectivity index (χ3v) is 4.15. The van der Waals surface area contributed by atoms with Gasteiger partial charge in [0.2, 0.25) is 10.0 Å². The summed E-state index contributed by atoms with van der Waals surface area (Å²) in [6.45, 7) is 1.89. The van der Waals surface area contributed by atoms with Crippen molar-refractivity contribution in [1.82, 2.24) is 15.0 Å². The molecule has 2 aromatic heterocycles. The highest BCUT2D eigenvalue weighted by Gasteiger charge is 2.10. The molecule has 0 fully saturated rings. The second-order valence-electron chi connectivity index (χ2n) is 4.84. The summed E-state index contributed by atoms with van der Waals surface area (Å²) in [7, 11) is -3.66. The lowest BCUT2D eigenvalue weighted by atomic mass is 10.1. The molecular formula is C14H14N4O2S. The molecule has 0 aliphatic rings. The number of pyridine rings is 1. The van der Waals surface area contributed by atoms with Crippen LogP contribution in [0.15, 0.2) is 41.4 Å². The van der Waals surface area contributed by atoms with Gasteiger partial charge in [-0.25, -0.2) is 18.5 Å². The quantitative estimate of drug-likeness (QED) is 0.765. The van der Waals surface area contributed by atoms with E-state index < -0.39 is 10.0 Å². The van der Waals surface area contributed by atoms with E-state index >= 15 is 0 Å². The molecule has 0 aliphatic heterocycles. The smallest absolute Gasteiger partial charge is 0.238 e. The molecule has 3 aromatic rings. The molecule has 2 heterocycles. The SMILES string of the molecule is Cc1nc2c(Cc3ccc(S(N)(=O)=O)cc3)nccc2[nH]1. The Morgan fingerprint density at radius 3 is 2.57 bits per heavy atom. The standard InChI is InChI=1S/C14H14N4O2S/c1-9-17-12-6-7-16-13(14(12)18-9)8-10-2-4-11(5-3-10)21(15,19)20/h2-7H,8H2,1H3,(H,17,18)(H2,15,19,20). The number of aryl methyl sites for hydroxylation is 1. The normalized spacial score (nSPS) is 11.9. The third kappa shape index (κ3) is 2.79. The molecule has 0 radical (unpaired) electrons. The minimum absolute atomic E-state index is 0.105. The van der Waals surface area contributed by atoms with E-state index in [9.17, 15) is 8.42 Å². The van der Waals surface area contributed by atoms with E-state index in [1.54, 1.807) is 18.3 Å². The number of nitrogens with one attached hydrogen (secondary N) is 1. The Morgan fingerprint density at radius 1 is 1.19 bits per heavy atom. The molecule has 0 bridgehead atoms. The van der Waals surface area contributed by atoms with E-state index in [4.69, 9.17) is 5.14 Å². The Balaban J connectivity index is 1.95. The van der Waals surface area contributed by atoms with Gasteiger partial charge in [-0.2, -0.15) is 0 Å². The molecule has 1 aromatic carbocycles. The molecule has 0 atom stereocenters. The number of H-pyrrole nitrogens is 1. The zero-order chi connectivity index (χ0) is 15.0. The van der Waals surface area contributed by atoms with Gasteiger partial charge in [0.25, 0.3) is 0 Å². The van der Waals surface area contributed by atoms with E-state index in [0.717, 1.165) is 28.1 Å². The van der Waals surface area contributed by atoms with Crippen molar-refractivity contribution in [2.24, 2.45) is 5.14 Å². The molecule has 108 valence electrons. The minimum atomic E-state index is -3.66. The Hall–Kier alpha value is -2.25. The van der Waals surface area contributed by atoms with Crippen LogP contribution >= 0.6 is 0 Å². The number of nitrogens with zero attached hydrogens (tertiary/aromatic N) is 2. The van der Waals surface area contributed by atoms with Crippen LogP contribution in [0.25, 0.3) is 11.0 Å². The van der Waals surface area contributed by atoms with Crippen LogP contribution in [0.5, 0.6) is 0 Å². The lowest BCUT2D eigenvalue weighted by Gasteiger charge is -2.03. The number of hydrogen-bond donors (Lipinski definition) is 2. The molecule has 0 amide bonds. The maximum Gasteiger partial charge on any atom is 0.238 e. The second-order valence-corrected chi connectivity index (χ2v) is 6.40. The van der Waals surface area contributed by atoms with Crippen molar-refractivity contribution < 1.29 is 8.42 Å². The number of aromatic nitrogens is 3. The first-order chi connectivity index (χ1) is 9.93. The van der Waals surface area contributed by atoms with E-state index in [0.29, 0.717) is 6.42 Å². The molecule has 0 saturated carbocycles. The van der Waals surface area contributed by atoms with Crippen molar-refractivity contribution >= 4 is 21.1 Å². The van der Waals surface area contributed by atoms with Crippen LogP contribution in [0, 0.1) is 6.92 Å². The Labute approximate surface area is 122 Å². The predicted octanol–water partition coefficient (Wildman–Crippen LogP) is 1.50. The number of aromatic amines is 1. The van der Waals surface area contributed by atoms with Gasteiger partial charge in [0.1, 0.15) is 11.3 Å². The lowest BCUT2D eigenvalue weighted by molar-refractivity contribution is 0.598. The number of fused-ring (bicyclic) bond motifs is 1. The Kier molecular flexibility index (Phi) is 3.23. The molecule has 3 rings (SSSR count). The van der Waals surface area contributed by atoms with Crippen molar-refractivity contribution in [3.63, 3.8) is 0 Å². The summed E-state index contributed by atoms with van der Waals surface area (Å²) in [4.78, 5) is 12.1. The van der Waals surface area contributed by atoms with Gasteiger partial charge in [-0.1, -0.05) is 12.1 Å². The van der Waals surface area contributed by atoms with Crippen molar-refractivity contribution in [2.75, 3.05) is 0 Å². The summed E-state index contributed by atoms with van der Waals surface area (Å²) in [6.07, 6.45) is 2.31. The number of imidazole rings is 1. The fourth-order valence-corrected chi connectivity index (χ4v) is 2.75. The van der Waals surface area contributed by atoms with Crippen LogP contribution in [0.1, 0.15) is 17.1 Å². The molecular weight excluding hydrogens is 288 g/mol. The maximum absolute atomic E-state index is 11.2. The van der Waals surface area contributed by atoms with E-state index in [1.165, 1.54) is 12.1 Å². The summed E-state index contributed by atoms with van der Waals surface area (Å²) < 4.78 is 22.5. The van der Waals surface area contributed by atoms with Gasteiger partial charge in [-0.3, -0.25) is 4.98 Å². The van der Waals surface area contributed by atoms with Crippen LogP contribution in [0.4, 0.5) is 0 Å². The molecule has 0 spiro atoms. The summed E-state index contributed by atoms with van der Waals surface area (Å²) in [5, 5.41) is 5.08. The average molecular weight is 302 g/mol. The van der Waals surface area contributed by atoms with Gasteiger partial charge in [0, 0.05) is 12.6 Å². The second kappa shape index (κ2) is 4.94. The molecule has 0 saturated heterocycles. The molecule has 0 aliphatic carbocycles. The number of primary sulfonamides is 1. The minimum Gasteiger partial charge on any atom is -0.342 e. The Morgan fingerprint density at radius 2 is 1.90 bits per heavy atom. The van der Waals surface area contributed by atoms with E-state index in [-0.39, 0.29) is 4.90 Å². The molecule has 0 unspecified atom stereocenters. The summed E-state index contributed by atoms with van der Waals surface area (Å²) >= 11 is 0. The van der Waals surface area contributed by atoms with Crippen LogP contribution in [0.3, 0.4) is 0 Å². The zero-order valence-electron chi connectivity index (χ0n) is 11.4. The number of benzene rings is 1. The first kappa shape index (κ1) is 13.7. The largest absolute Gasteiger partial charge is 0.342 e. The van der Waals surface area contributed by atoms with Crippen molar-refractivity contribution in [3.8, 4) is 0 Å². The third-order valence-electron chi connectivity index (χ3n) is 3.22. The monoisotopic (exact) mass is 302 g/mol. The van der Waals surface area contributed by atoms with Gasteiger partial charge >= 0.3 is 0 Å². The summed E-state index contributed by atoms with van der Waals surface area (Å²) in [6, 6.07) is 8.35. The van der Waals surface area contributed by atoms with E-state index in [2.05, 4.69) is 15.0 Å². The van der Waals surface area contributed by atoms with Gasteiger partial charge in [0.15, 0.2) is 0 Å². The number of hydrogen-bond acceptors (Lipinski definition) is 4. The Bertz CT molecular complexity index is 898. The van der Waals surface area contributed by atoms with Gasteiger partial charge < -0.3 is 4.98 Å². The molecule has 21 heavy (non-hydrogen) atoms. The first-order valence-corrected chi connectivity index (χ1v) is 7.90. The highest BCUT2D eigenvalue weighted by atomic mass is 32.2. The fourth-order valence-electron chi connectivity index (χ4n) is 2.23. The topological polar surface area (TPSA) is 102 Å². The summed E-state index contributed by atoms with van der Waals surface area (Å²) in [5.74, 6) is 0.837. The van der Waals surface area contributed by atoms with Gasteiger partial charge in [-0.15, -0.1) is 0 Å². The predicted molar refractivity (Wildman–Crippen MR) is 79.2 cm³/mol. The molecule has 3 N–H and O–H groups in total. The van der Waals surface area contributed by atoms with Crippen LogP contribution in [-0.2, 0) is 16.4 Å². The molecule has 6 nitrogen and oxygen atoms in total. The summed E-state index contributed by atoms with van der Waals surface area (Å²) in [5.41, 5.74) is 3.58. The van der Waals surface area contributed by atoms with Crippen LogP contribution in [0.2, 0.25) is 0 Å². The average Bonchev–Trinajstić information content (AvgIpc) is 2.80.